The third-order valence-corrected chi connectivity index (χ3v) is 11.3. The van der Waals surface area contributed by atoms with Crippen LogP contribution in [-0.4, -0.2) is 86.3 Å². The number of nitrogens with zero attached hydrogens (tertiary/aromatic N) is 5. The maximum absolute atomic E-state index is 13.8. The molecule has 17 heteroatoms. The number of fused-ring (bicyclic) bond motifs is 1. The fourth-order valence-corrected chi connectivity index (χ4v) is 7.53. The van der Waals surface area contributed by atoms with Crippen LogP contribution in [0.5, 0.6) is 0 Å². The van der Waals surface area contributed by atoms with E-state index < -0.39 is 44.6 Å². The number of benzene rings is 1. The van der Waals surface area contributed by atoms with Crippen molar-refractivity contribution in [2.75, 3.05) is 39.2 Å². The van der Waals surface area contributed by atoms with Gasteiger partial charge in [-0.1, -0.05) is 121 Å². The summed E-state index contributed by atoms with van der Waals surface area (Å²) in [4.78, 5) is 16.3. The number of nitrogens with two attached hydrogens (primary N) is 1. The molecule has 320 valence electrons. The van der Waals surface area contributed by atoms with E-state index in [1.54, 1.807) is 13.1 Å². The highest BCUT2D eigenvalue weighted by Gasteiger charge is 2.35. The van der Waals surface area contributed by atoms with E-state index in [1.165, 1.54) is 125 Å². The van der Waals surface area contributed by atoms with Gasteiger partial charge in [0, 0.05) is 13.2 Å². The van der Waals surface area contributed by atoms with Crippen molar-refractivity contribution < 1.29 is 42.6 Å². The molecule has 0 aliphatic carbocycles. The van der Waals surface area contributed by atoms with Crippen LogP contribution in [0.3, 0.4) is 0 Å². The van der Waals surface area contributed by atoms with Gasteiger partial charge in [0.1, 0.15) is 29.9 Å². The Morgan fingerprint density at radius 2 is 1.53 bits per heavy atom. The molecular weight excluding hydrogens is 778 g/mol. The van der Waals surface area contributed by atoms with Gasteiger partial charge in [-0.3, -0.25) is 13.9 Å². The number of phosphoric acid groups is 1. The maximum Gasteiger partial charge on any atom is 0.472 e. The number of rotatable bonds is 32. The standard InChI is InChI=1S/C40H63ClFN6O8P/c1-3-4-5-6-7-8-9-10-11-12-13-14-15-16-17-18-23-53-26-32(47(2)25-31-19-20-34(42)33(41)24-31)27-55-57(51,52)56-28-37(54-29-43)39(50)38(49)35-21-22-36-40(44)45-30-46-48(35)36/h19-22,24,30,32,37-39,49-50H,3-18,23,25-28H2,1-2H3,(H,51,52)(H2,44,45,46)/t32-,37-,38+,39-/m1/s1. The maximum atomic E-state index is 13.8. The first-order chi connectivity index (χ1) is 27.5. The van der Waals surface area contributed by atoms with E-state index in [9.17, 15) is 29.3 Å². The summed E-state index contributed by atoms with van der Waals surface area (Å²) in [5.41, 5.74) is 7.04. The number of phosphoric ester groups is 1. The third-order valence-electron chi connectivity index (χ3n) is 10.0. The minimum absolute atomic E-state index is 0.0225. The molecule has 0 saturated carbocycles. The summed E-state index contributed by atoms with van der Waals surface area (Å²) >= 11 is 6.00. The van der Waals surface area contributed by atoms with E-state index in [2.05, 4.69) is 17.0 Å². The number of halogens is 2. The molecule has 57 heavy (non-hydrogen) atoms. The van der Waals surface area contributed by atoms with Gasteiger partial charge >= 0.3 is 7.82 Å². The highest BCUT2D eigenvalue weighted by molar-refractivity contribution is 7.47. The Bertz CT molecular complexity index is 1670. The molecule has 3 rings (SSSR count). The molecule has 3 aromatic rings. The van der Waals surface area contributed by atoms with E-state index in [1.807, 2.05) is 4.90 Å². The smallest absolute Gasteiger partial charge is 0.419 e. The lowest BCUT2D eigenvalue weighted by molar-refractivity contribution is -0.0800. The van der Waals surface area contributed by atoms with E-state index in [0.717, 1.165) is 19.3 Å². The highest BCUT2D eigenvalue weighted by Crippen LogP contribution is 2.44. The summed E-state index contributed by atoms with van der Waals surface area (Å²) in [6, 6.07) is 6.84. The molecule has 2 heterocycles. The van der Waals surface area contributed by atoms with Crippen LogP contribution in [0.2, 0.25) is 5.02 Å². The Morgan fingerprint density at radius 1 is 0.930 bits per heavy atom. The second-order valence-corrected chi connectivity index (χ2v) is 16.5. The number of aliphatic hydroxyl groups is 2. The quantitative estimate of drug-likeness (QED) is 0.0266. The molecule has 5 atom stereocenters. The van der Waals surface area contributed by atoms with Gasteiger partial charge in [-0.05, 0) is 43.3 Å². The Balaban J connectivity index is 1.44. The number of hydrogen-bond acceptors (Lipinski definition) is 12. The van der Waals surface area contributed by atoms with Gasteiger partial charge in [-0.15, -0.1) is 0 Å². The SMILES string of the molecule is CCCCCCCCCCCCCCCCCCOC[C@H](COP(=O)(O)OC[C@@H](OC#N)[C@@H](O)[C@@H](O)c1ccc2c(N)ncnn12)N(C)Cc1ccc(F)c(Cl)c1. The average Bonchev–Trinajstić information content (AvgIpc) is 3.63. The number of nitriles is 1. The Morgan fingerprint density at radius 3 is 2.12 bits per heavy atom. The number of anilines is 1. The number of aromatic nitrogens is 3. The number of ether oxygens (including phenoxy) is 2. The minimum Gasteiger partial charge on any atom is -0.419 e. The van der Waals surface area contributed by atoms with Gasteiger partial charge in [0.2, 0.25) is 0 Å². The number of hydrogen-bond donors (Lipinski definition) is 4. The van der Waals surface area contributed by atoms with Gasteiger partial charge in [0.05, 0.1) is 36.6 Å². The molecular formula is C40H63ClFN6O8P. The number of nitrogen functional groups attached to an aromatic ring is 1. The van der Waals surface area contributed by atoms with Crippen LogP contribution in [0.1, 0.15) is 127 Å². The van der Waals surface area contributed by atoms with Crippen molar-refractivity contribution in [1.29, 1.82) is 5.26 Å². The summed E-state index contributed by atoms with van der Waals surface area (Å²) in [5, 5.41) is 35.0. The van der Waals surface area contributed by atoms with Crippen LogP contribution in [0, 0.1) is 17.3 Å². The van der Waals surface area contributed by atoms with Crippen LogP contribution >= 0.6 is 19.4 Å². The second-order valence-electron chi connectivity index (χ2n) is 14.6. The van der Waals surface area contributed by atoms with Crippen molar-refractivity contribution in [3.8, 4) is 6.26 Å². The molecule has 0 saturated heterocycles. The van der Waals surface area contributed by atoms with E-state index >= 15 is 0 Å². The van der Waals surface area contributed by atoms with Crippen molar-refractivity contribution in [2.24, 2.45) is 0 Å². The molecule has 0 fully saturated rings. The van der Waals surface area contributed by atoms with Crippen molar-refractivity contribution >= 4 is 30.8 Å². The molecule has 0 aliphatic rings. The topological polar surface area (TPSA) is 198 Å². The molecule has 2 aromatic heterocycles. The predicted molar refractivity (Wildman–Crippen MR) is 218 cm³/mol. The first kappa shape index (κ1) is 48.5. The van der Waals surface area contributed by atoms with Crippen LogP contribution in [0.25, 0.3) is 5.52 Å². The fourth-order valence-electron chi connectivity index (χ4n) is 6.56. The van der Waals surface area contributed by atoms with Gasteiger partial charge in [0.15, 0.2) is 11.9 Å². The Labute approximate surface area is 342 Å². The van der Waals surface area contributed by atoms with Crippen molar-refractivity contribution in [2.45, 2.75) is 141 Å². The minimum atomic E-state index is -4.79. The molecule has 14 nitrogen and oxygen atoms in total. The normalized spacial score (nSPS) is 15.0. The first-order valence-electron chi connectivity index (χ1n) is 20.3. The van der Waals surface area contributed by atoms with Crippen LogP contribution < -0.4 is 5.73 Å². The highest BCUT2D eigenvalue weighted by atomic mass is 35.5. The van der Waals surface area contributed by atoms with Crippen molar-refractivity contribution in [1.82, 2.24) is 19.5 Å². The second kappa shape index (κ2) is 27.0. The lowest BCUT2D eigenvalue weighted by Crippen LogP contribution is -2.39. The van der Waals surface area contributed by atoms with Crippen LogP contribution in [0.4, 0.5) is 10.2 Å². The lowest BCUT2D eigenvalue weighted by atomic mass is 10.0. The molecule has 1 aromatic carbocycles. The summed E-state index contributed by atoms with van der Waals surface area (Å²) in [7, 11) is -3.02. The van der Waals surface area contributed by atoms with Crippen LogP contribution in [-0.2, 0) is 29.6 Å². The molecule has 0 radical (unpaired) electrons. The molecule has 0 bridgehead atoms. The van der Waals surface area contributed by atoms with Gasteiger partial charge in [-0.25, -0.2) is 18.5 Å². The summed E-state index contributed by atoms with van der Waals surface area (Å²) in [5.74, 6) is -0.402. The molecule has 0 spiro atoms. The zero-order valence-corrected chi connectivity index (χ0v) is 35.2. The largest absolute Gasteiger partial charge is 0.472 e. The molecule has 0 amide bonds. The third kappa shape index (κ3) is 17.9. The van der Waals surface area contributed by atoms with Gasteiger partial charge < -0.3 is 30.3 Å². The first-order valence-corrected chi connectivity index (χ1v) is 22.2. The molecule has 1 unspecified atom stereocenters. The average molecular weight is 841 g/mol. The predicted octanol–water partition coefficient (Wildman–Crippen LogP) is 8.28. The van der Waals surface area contributed by atoms with Crippen LogP contribution in [0.15, 0.2) is 36.7 Å². The summed E-state index contributed by atoms with van der Waals surface area (Å²) < 4.78 is 49.5. The van der Waals surface area contributed by atoms with E-state index in [-0.39, 0.29) is 29.7 Å². The van der Waals surface area contributed by atoms with E-state index in [4.69, 9.17) is 35.9 Å². The molecule has 0 aliphatic heterocycles. The summed E-state index contributed by atoms with van der Waals surface area (Å²) in [6.07, 6.45) is 17.9. The van der Waals surface area contributed by atoms with Gasteiger partial charge in [0.25, 0.3) is 6.26 Å². The van der Waals surface area contributed by atoms with Crippen molar-refractivity contribution in [3.05, 3.63) is 58.8 Å². The number of unbranched alkanes of at least 4 members (excludes halogenated alkanes) is 15. The van der Waals surface area contributed by atoms with Gasteiger partial charge in [-0.2, -0.15) is 10.4 Å². The monoisotopic (exact) mass is 840 g/mol. The Kier molecular flexibility index (Phi) is 22.9. The molecule has 5 N–H and O–H groups in total. The zero-order valence-electron chi connectivity index (χ0n) is 33.5. The lowest BCUT2D eigenvalue weighted by Gasteiger charge is -2.29. The summed E-state index contributed by atoms with van der Waals surface area (Å²) in [6.45, 7) is 2.13. The fraction of sp³-hybridized carbons (Fsp3) is 0.675. The van der Waals surface area contributed by atoms with Crippen molar-refractivity contribution in [3.63, 3.8) is 0 Å². The Hall–Kier alpha value is -2.90. The zero-order chi connectivity index (χ0) is 41.5. The van der Waals surface area contributed by atoms with E-state index in [0.29, 0.717) is 24.2 Å². The number of aliphatic hydroxyl groups excluding tert-OH is 2. The number of likely N-dealkylation sites (N-methyl/N-ethyl adjacent to an activating group) is 1.